The van der Waals surface area contributed by atoms with E-state index in [1.54, 1.807) is 0 Å². The van der Waals surface area contributed by atoms with Gasteiger partial charge in [-0.1, -0.05) is 12.8 Å². The molecule has 98 valence electrons. The minimum atomic E-state index is 0.775. The van der Waals surface area contributed by atoms with Crippen LogP contribution in [0.5, 0.6) is 0 Å². The average molecular weight is 254 g/mol. The van der Waals surface area contributed by atoms with Crippen molar-refractivity contribution in [1.29, 1.82) is 0 Å². The molecule has 3 aliphatic rings. The molecule has 0 bridgehead atoms. The minimum Gasteiger partial charge on any atom is -0.314 e. The van der Waals surface area contributed by atoms with Crippen LogP contribution in [0.2, 0.25) is 0 Å². The van der Waals surface area contributed by atoms with Crippen LogP contribution in [0.25, 0.3) is 0 Å². The second-order valence-electron chi connectivity index (χ2n) is 6.24. The molecule has 17 heavy (non-hydrogen) atoms. The van der Waals surface area contributed by atoms with Crippen molar-refractivity contribution >= 4 is 11.8 Å². The lowest BCUT2D eigenvalue weighted by atomic mass is 9.77. The highest BCUT2D eigenvalue weighted by Crippen LogP contribution is 2.46. The number of nitrogens with zero attached hydrogens (tertiary/aromatic N) is 1. The molecule has 0 amide bonds. The fourth-order valence-electron chi connectivity index (χ4n) is 4.20. The van der Waals surface area contributed by atoms with Crippen molar-refractivity contribution in [3.05, 3.63) is 0 Å². The summed E-state index contributed by atoms with van der Waals surface area (Å²) in [7, 11) is 0. The lowest BCUT2D eigenvalue weighted by Gasteiger charge is -2.43. The number of piperidine rings is 1. The standard InChI is InChI=1S/C14H26N2S/c1-17-13-11-15-10-12(13)16-8-6-14(7-9-16)4-2-3-5-14/h12-13,15H,2-11H2,1H3. The van der Waals surface area contributed by atoms with Crippen molar-refractivity contribution in [2.75, 3.05) is 32.4 Å². The summed E-state index contributed by atoms with van der Waals surface area (Å²) < 4.78 is 0. The first-order chi connectivity index (χ1) is 8.33. The summed E-state index contributed by atoms with van der Waals surface area (Å²) in [4.78, 5) is 2.78. The highest BCUT2D eigenvalue weighted by molar-refractivity contribution is 7.99. The van der Waals surface area contributed by atoms with Gasteiger partial charge in [0.05, 0.1) is 0 Å². The molecule has 2 nitrogen and oxygen atoms in total. The first-order valence-electron chi connectivity index (χ1n) is 7.31. The van der Waals surface area contributed by atoms with Crippen LogP contribution in [-0.2, 0) is 0 Å². The number of thioether (sulfide) groups is 1. The SMILES string of the molecule is CSC1CNCC1N1CCC2(CCCC2)CC1. The monoisotopic (exact) mass is 254 g/mol. The van der Waals surface area contributed by atoms with Gasteiger partial charge >= 0.3 is 0 Å². The summed E-state index contributed by atoms with van der Waals surface area (Å²) >= 11 is 2.05. The molecular formula is C14H26N2S. The predicted molar refractivity (Wildman–Crippen MR) is 75.7 cm³/mol. The van der Waals surface area contributed by atoms with E-state index in [1.165, 1.54) is 64.7 Å². The number of likely N-dealkylation sites (tertiary alicyclic amines) is 1. The van der Waals surface area contributed by atoms with Crippen molar-refractivity contribution in [2.45, 2.75) is 49.8 Å². The molecule has 2 atom stereocenters. The van der Waals surface area contributed by atoms with E-state index in [4.69, 9.17) is 0 Å². The van der Waals surface area contributed by atoms with E-state index in [0.717, 1.165) is 16.7 Å². The van der Waals surface area contributed by atoms with Gasteiger partial charge in [-0.25, -0.2) is 0 Å². The fourth-order valence-corrected chi connectivity index (χ4v) is 5.07. The normalized spacial score (nSPS) is 37.9. The highest BCUT2D eigenvalue weighted by atomic mass is 32.2. The van der Waals surface area contributed by atoms with E-state index in [9.17, 15) is 0 Å². The van der Waals surface area contributed by atoms with Crippen LogP contribution < -0.4 is 5.32 Å². The molecule has 2 unspecified atom stereocenters. The maximum Gasteiger partial charge on any atom is 0.0351 e. The van der Waals surface area contributed by atoms with E-state index in [2.05, 4.69) is 28.2 Å². The van der Waals surface area contributed by atoms with E-state index < -0.39 is 0 Å². The zero-order chi connectivity index (χ0) is 11.7. The Labute approximate surface area is 110 Å². The third-order valence-corrected chi connectivity index (χ3v) is 6.51. The molecule has 3 heteroatoms. The summed E-state index contributed by atoms with van der Waals surface area (Å²) in [6, 6.07) is 0.809. The van der Waals surface area contributed by atoms with Gasteiger partial charge in [0.15, 0.2) is 0 Å². The summed E-state index contributed by atoms with van der Waals surface area (Å²) in [6.07, 6.45) is 11.3. The maximum atomic E-state index is 3.57. The zero-order valence-corrected chi connectivity index (χ0v) is 11.9. The van der Waals surface area contributed by atoms with Crippen molar-refractivity contribution in [3.8, 4) is 0 Å². The number of hydrogen-bond donors (Lipinski definition) is 1. The average Bonchev–Trinajstić information content (AvgIpc) is 3.00. The summed E-state index contributed by atoms with van der Waals surface area (Å²) in [6.45, 7) is 5.17. The molecule has 1 spiro atoms. The molecule has 2 aliphatic heterocycles. The largest absolute Gasteiger partial charge is 0.314 e. The zero-order valence-electron chi connectivity index (χ0n) is 11.1. The van der Waals surface area contributed by atoms with Gasteiger partial charge in [0, 0.05) is 24.4 Å². The first kappa shape index (κ1) is 12.3. The van der Waals surface area contributed by atoms with Crippen LogP contribution in [0.3, 0.4) is 0 Å². The number of hydrogen-bond acceptors (Lipinski definition) is 3. The van der Waals surface area contributed by atoms with Gasteiger partial charge in [-0.15, -0.1) is 0 Å². The fraction of sp³-hybridized carbons (Fsp3) is 1.00. The van der Waals surface area contributed by atoms with E-state index in [-0.39, 0.29) is 0 Å². The second-order valence-corrected chi connectivity index (χ2v) is 7.32. The second kappa shape index (κ2) is 5.10. The van der Waals surface area contributed by atoms with Gasteiger partial charge in [0.1, 0.15) is 0 Å². The van der Waals surface area contributed by atoms with Crippen LogP contribution in [0.1, 0.15) is 38.5 Å². The van der Waals surface area contributed by atoms with Gasteiger partial charge in [0.25, 0.3) is 0 Å². The minimum absolute atomic E-state index is 0.775. The molecular weight excluding hydrogens is 228 g/mol. The molecule has 0 aromatic rings. The Hall–Kier alpha value is 0.270. The van der Waals surface area contributed by atoms with E-state index in [1.807, 2.05) is 0 Å². The van der Waals surface area contributed by atoms with Gasteiger partial charge in [0.2, 0.25) is 0 Å². The Morgan fingerprint density at radius 2 is 1.76 bits per heavy atom. The van der Waals surface area contributed by atoms with Gasteiger partial charge in [-0.2, -0.15) is 11.8 Å². The first-order valence-corrected chi connectivity index (χ1v) is 8.59. The smallest absolute Gasteiger partial charge is 0.0351 e. The van der Waals surface area contributed by atoms with Gasteiger partial charge in [-0.05, 0) is 50.4 Å². The molecule has 1 N–H and O–H groups in total. The van der Waals surface area contributed by atoms with Crippen molar-refractivity contribution in [1.82, 2.24) is 10.2 Å². The van der Waals surface area contributed by atoms with Crippen molar-refractivity contribution in [2.24, 2.45) is 5.41 Å². The Bertz CT molecular complexity index is 253. The molecule has 0 aromatic heterocycles. The molecule has 3 fully saturated rings. The Morgan fingerprint density at radius 1 is 1.06 bits per heavy atom. The quantitative estimate of drug-likeness (QED) is 0.814. The Morgan fingerprint density at radius 3 is 2.41 bits per heavy atom. The Kier molecular flexibility index (Phi) is 3.69. The van der Waals surface area contributed by atoms with E-state index in [0.29, 0.717) is 0 Å². The lowest BCUT2D eigenvalue weighted by molar-refractivity contribution is 0.0833. The van der Waals surface area contributed by atoms with Crippen LogP contribution in [0, 0.1) is 5.41 Å². The van der Waals surface area contributed by atoms with Crippen LogP contribution >= 0.6 is 11.8 Å². The summed E-state index contributed by atoms with van der Waals surface area (Å²) in [5.74, 6) is 0. The predicted octanol–water partition coefficient (Wildman–Crippen LogP) is 2.35. The molecule has 3 rings (SSSR count). The van der Waals surface area contributed by atoms with E-state index >= 15 is 0 Å². The lowest BCUT2D eigenvalue weighted by Crippen LogP contribution is -2.48. The molecule has 0 radical (unpaired) electrons. The van der Waals surface area contributed by atoms with Gasteiger partial charge in [-0.3, -0.25) is 4.90 Å². The molecule has 1 aliphatic carbocycles. The third-order valence-electron chi connectivity index (χ3n) is 5.42. The number of rotatable bonds is 2. The molecule has 2 heterocycles. The highest BCUT2D eigenvalue weighted by Gasteiger charge is 2.40. The van der Waals surface area contributed by atoms with Crippen LogP contribution in [0.15, 0.2) is 0 Å². The van der Waals surface area contributed by atoms with Crippen LogP contribution in [-0.4, -0.2) is 48.6 Å². The van der Waals surface area contributed by atoms with Crippen LogP contribution in [0.4, 0.5) is 0 Å². The number of nitrogens with one attached hydrogen (secondary N) is 1. The summed E-state index contributed by atoms with van der Waals surface area (Å²) in [5.41, 5.74) is 0.775. The van der Waals surface area contributed by atoms with Crippen molar-refractivity contribution in [3.63, 3.8) is 0 Å². The van der Waals surface area contributed by atoms with Crippen molar-refractivity contribution < 1.29 is 0 Å². The molecule has 1 saturated carbocycles. The maximum absolute atomic E-state index is 3.57. The topological polar surface area (TPSA) is 15.3 Å². The summed E-state index contributed by atoms with van der Waals surface area (Å²) in [5, 5.41) is 4.40. The molecule has 2 saturated heterocycles. The molecule has 0 aromatic carbocycles. The third kappa shape index (κ3) is 2.39. The Balaban J connectivity index is 1.57. The van der Waals surface area contributed by atoms with Gasteiger partial charge < -0.3 is 5.32 Å².